The molecule has 13 heteroatoms. The number of halogens is 3. The van der Waals surface area contributed by atoms with E-state index in [1.165, 1.54) is 18.2 Å². The Labute approximate surface area is 176 Å². The average molecular weight is 466 g/mol. The summed E-state index contributed by atoms with van der Waals surface area (Å²) in [5.41, 5.74) is 0. The van der Waals surface area contributed by atoms with Crippen LogP contribution in [0.4, 0.5) is 13.2 Å². The van der Waals surface area contributed by atoms with Gasteiger partial charge in [-0.1, -0.05) is 0 Å². The summed E-state index contributed by atoms with van der Waals surface area (Å²) in [6.45, 7) is 0.197. The van der Waals surface area contributed by atoms with Crippen molar-refractivity contribution in [2.24, 2.45) is 0 Å². The van der Waals surface area contributed by atoms with Gasteiger partial charge in [-0.2, -0.15) is 17.5 Å². The molecule has 2 unspecified atom stereocenters. The van der Waals surface area contributed by atoms with Gasteiger partial charge in [-0.3, -0.25) is 9.59 Å². The van der Waals surface area contributed by atoms with E-state index in [0.29, 0.717) is 18.8 Å². The van der Waals surface area contributed by atoms with Gasteiger partial charge < -0.3 is 19.5 Å². The fraction of sp³-hybridized carbons (Fsp3) is 0.556. The van der Waals surface area contributed by atoms with Gasteiger partial charge in [0.25, 0.3) is 5.91 Å². The van der Waals surface area contributed by atoms with Crippen molar-refractivity contribution >= 4 is 21.9 Å². The van der Waals surface area contributed by atoms with E-state index in [1.54, 1.807) is 5.32 Å². The number of carbonyl (C=O) groups excluding carboxylic acids is 2. The van der Waals surface area contributed by atoms with E-state index >= 15 is 0 Å². The van der Waals surface area contributed by atoms with Crippen molar-refractivity contribution in [2.75, 3.05) is 26.3 Å². The van der Waals surface area contributed by atoms with Gasteiger partial charge in [-0.25, -0.2) is 8.42 Å². The monoisotopic (exact) mass is 466 g/mol. The van der Waals surface area contributed by atoms with Gasteiger partial charge in [0.05, 0.1) is 4.90 Å². The van der Waals surface area contributed by atoms with Crippen LogP contribution in [-0.4, -0.2) is 69.2 Å². The number of nitrogens with one attached hydrogen (secondary N) is 1. The highest BCUT2D eigenvalue weighted by Gasteiger charge is 2.42. The molecule has 0 aromatic heterocycles. The van der Waals surface area contributed by atoms with E-state index in [4.69, 9.17) is 14.2 Å². The number of sulfonamides is 1. The molecule has 0 radical (unpaired) electrons. The second-order valence-electron chi connectivity index (χ2n) is 6.99. The van der Waals surface area contributed by atoms with E-state index in [2.05, 4.69) is 0 Å². The summed E-state index contributed by atoms with van der Waals surface area (Å²) < 4.78 is 79.5. The lowest BCUT2D eigenvalue weighted by Gasteiger charge is -2.25. The molecule has 2 heterocycles. The molecule has 2 aliphatic heterocycles. The molecule has 1 amide bonds. The molecule has 0 saturated carbocycles. The third kappa shape index (κ3) is 5.39. The molecule has 1 aromatic rings. The molecule has 1 aromatic carbocycles. The van der Waals surface area contributed by atoms with Crippen molar-refractivity contribution in [3.63, 3.8) is 0 Å². The predicted octanol–water partition coefficient (Wildman–Crippen LogP) is 1.22. The zero-order valence-corrected chi connectivity index (χ0v) is 17.3. The van der Waals surface area contributed by atoms with Crippen molar-refractivity contribution in [1.82, 2.24) is 9.62 Å². The molecule has 0 bridgehead atoms. The largest absolute Gasteiger partial charge is 0.486 e. The van der Waals surface area contributed by atoms with Crippen LogP contribution < -0.4 is 14.8 Å². The molecule has 1 fully saturated rings. The Balaban J connectivity index is 1.69. The fourth-order valence-electron chi connectivity index (χ4n) is 3.22. The summed E-state index contributed by atoms with van der Waals surface area (Å²) >= 11 is 0. The van der Waals surface area contributed by atoms with Gasteiger partial charge in [0, 0.05) is 12.6 Å². The third-order valence-corrected chi connectivity index (χ3v) is 6.63. The lowest BCUT2D eigenvalue weighted by atomic mass is 10.2. The molecule has 0 aliphatic carbocycles. The van der Waals surface area contributed by atoms with Gasteiger partial charge in [-0.05, 0) is 31.9 Å². The second-order valence-corrected chi connectivity index (χ2v) is 8.88. The highest BCUT2D eigenvalue weighted by molar-refractivity contribution is 7.89. The van der Waals surface area contributed by atoms with Crippen LogP contribution in [-0.2, 0) is 24.3 Å². The standard InChI is InChI=1S/C18H21F3N2O7S/c1-11(16(24)22-10-18(19,20)21)30-17(25)13-3-2-6-23(13)31(26,27)12-4-5-14-15(9-12)29-8-7-28-14/h4-5,9,11,13H,2-3,6-8,10H2,1H3,(H,22,24). The summed E-state index contributed by atoms with van der Waals surface area (Å²) in [6, 6.07) is 2.89. The number of amides is 1. The first-order valence-corrected chi connectivity index (χ1v) is 10.9. The van der Waals surface area contributed by atoms with Gasteiger partial charge >= 0.3 is 12.1 Å². The first kappa shape index (κ1) is 23.1. The van der Waals surface area contributed by atoms with E-state index in [0.717, 1.165) is 11.2 Å². The zero-order valence-electron chi connectivity index (χ0n) is 16.5. The number of hydrogen-bond donors (Lipinski definition) is 1. The summed E-state index contributed by atoms with van der Waals surface area (Å²) in [7, 11) is -4.10. The number of carbonyl (C=O) groups is 2. The van der Waals surface area contributed by atoms with Gasteiger partial charge in [0.2, 0.25) is 10.0 Å². The van der Waals surface area contributed by atoms with Gasteiger partial charge in [0.1, 0.15) is 25.8 Å². The Bertz CT molecular complexity index is 952. The molecule has 1 saturated heterocycles. The quantitative estimate of drug-likeness (QED) is 0.628. The number of nitrogens with zero attached hydrogens (tertiary/aromatic N) is 1. The molecule has 31 heavy (non-hydrogen) atoms. The summed E-state index contributed by atoms with van der Waals surface area (Å²) in [6.07, 6.45) is -5.61. The molecule has 0 spiro atoms. The van der Waals surface area contributed by atoms with Crippen LogP contribution in [0.5, 0.6) is 11.5 Å². The van der Waals surface area contributed by atoms with Crippen LogP contribution in [0.25, 0.3) is 0 Å². The Morgan fingerprint density at radius 3 is 2.61 bits per heavy atom. The van der Waals surface area contributed by atoms with Crippen molar-refractivity contribution in [3.05, 3.63) is 18.2 Å². The topological polar surface area (TPSA) is 111 Å². The maximum absolute atomic E-state index is 13.1. The zero-order chi connectivity index (χ0) is 22.8. The molecular weight excluding hydrogens is 445 g/mol. The van der Waals surface area contributed by atoms with E-state index in [1.807, 2.05) is 0 Å². The first-order chi connectivity index (χ1) is 14.5. The highest BCUT2D eigenvalue weighted by atomic mass is 32.2. The Hall–Kier alpha value is -2.54. The maximum atomic E-state index is 13.1. The lowest BCUT2D eigenvalue weighted by molar-refractivity contribution is -0.160. The van der Waals surface area contributed by atoms with Crippen LogP contribution in [0.3, 0.4) is 0 Å². The van der Waals surface area contributed by atoms with Gasteiger partial charge in [-0.15, -0.1) is 0 Å². The predicted molar refractivity (Wildman–Crippen MR) is 99.0 cm³/mol. The first-order valence-electron chi connectivity index (χ1n) is 9.45. The molecule has 2 atom stereocenters. The minimum absolute atomic E-state index is 0.0468. The van der Waals surface area contributed by atoms with Crippen LogP contribution in [0.1, 0.15) is 19.8 Å². The number of rotatable bonds is 6. The number of benzene rings is 1. The summed E-state index contributed by atoms with van der Waals surface area (Å²) in [5, 5.41) is 1.62. The SMILES string of the molecule is CC(OC(=O)C1CCCN1S(=O)(=O)c1ccc2c(c1)OCCO2)C(=O)NCC(F)(F)F. The molecule has 9 nitrogen and oxygen atoms in total. The van der Waals surface area contributed by atoms with Gasteiger partial charge in [0.15, 0.2) is 17.6 Å². The molecule has 1 N–H and O–H groups in total. The molecular formula is C18H21F3N2O7S. The van der Waals surface area contributed by atoms with E-state index in [-0.39, 0.29) is 30.2 Å². The normalized spacial score (nSPS) is 20.2. The minimum Gasteiger partial charge on any atom is -0.486 e. The van der Waals surface area contributed by atoms with Crippen LogP contribution >= 0.6 is 0 Å². The van der Waals surface area contributed by atoms with Crippen molar-refractivity contribution in [1.29, 1.82) is 0 Å². The molecule has 172 valence electrons. The Kier molecular flexibility index (Phi) is 6.65. The highest BCUT2D eigenvalue weighted by Crippen LogP contribution is 2.35. The molecule has 3 rings (SSSR count). The number of esters is 1. The van der Waals surface area contributed by atoms with Crippen molar-refractivity contribution < 1.29 is 45.4 Å². The number of alkyl halides is 3. The van der Waals surface area contributed by atoms with E-state index < -0.39 is 46.8 Å². The second kappa shape index (κ2) is 8.91. The maximum Gasteiger partial charge on any atom is 0.405 e. The van der Waals surface area contributed by atoms with E-state index in [9.17, 15) is 31.2 Å². The van der Waals surface area contributed by atoms with Crippen LogP contribution in [0.2, 0.25) is 0 Å². The Morgan fingerprint density at radius 2 is 1.94 bits per heavy atom. The third-order valence-electron chi connectivity index (χ3n) is 4.72. The lowest BCUT2D eigenvalue weighted by Crippen LogP contribution is -2.45. The van der Waals surface area contributed by atoms with Crippen LogP contribution in [0.15, 0.2) is 23.1 Å². The number of ether oxygens (including phenoxy) is 3. The summed E-state index contributed by atoms with van der Waals surface area (Å²) in [4.78, 5) is 24.1. The Morgan fingerprint density at radius 1 is 1.26 bits per heavy atom. The number of hydrogen-bond acceptors (Lipinski definition) is 7. The number of fused-ring (bicyclic) bond motifs is 1. The smallest absolute Gasteiger partial charge is 0.405 e. The molecule has 2 aliphatic rings. The van der Waals surface area contributed by atoms with Crippen LogP contribution in [0, 0.1) is 0 Å². The minimum atomic E-state index is -4.61. The fourth-order valence-corrected chi connectivity index (χ4v) is 4.88. The average Bonchev–Trinajstić information content (AvgIpc) is 3.22. The van der Waals surface area contributed by atoms with Crippen molar-refractivity contribution in [2.45, 2.75) is 43.0 Å². The summed E-state index contributed by atoms with van der Waals surface area (Å²) in [5.74, 6) is -1.47. The van der Waals surface area contributed by atoms with Crippen molar-refractivity contribution in [3.8, 4) is 11.5 Å².